The summed E-state index contributed by atoms with van der Waals surface area (Å²) in [5.41, 5.74) is 7.50. The van der Waals surface area contributed by atoms with Crippen LogP contribution >= 0.6 is 0 Å². The van der Waals surface area contributed by atoms with E-state index in [4.69, 9.17) is 28.4 Å². The van der Waals surface area contributed by atoms with Crippen molar-refractivity contribution in [2.24, 2.45) is 0 Å². The van der Waals surface area contributed by atoms with Crippen LogP contribution in [0, 0.1) is 0 Å². The summed E-state index contributed by atoms with van der Waals surface area (Å²) in [4.78, 5) is 94.3. The highest BCUT2D eigenvalue weighted by Gasteiger charge is 2.45. The van der Waals surface area contributed by atoms with Gasteiger partial charge in [-0.3, -0.25) is 38.6 Å². The Kier molecular flexibility index (Phi) is 15.2. The van der Waals surface area contributed by atoms with E-state index in [-0.39, 0.29) is 92.1 Å². The zero-order valence-electron chi connectivity index (χ0n) is 54.0. The highest BCUT2D eigenvalue weighted by molar-refractivity contribution is 6.45. The number of hydrogen-bond acceptors (Lipinski definition) is 12. The molecule has 0 radical (unpaired) electrons. The van der Waals surface area contributed by atoms with Gasteiger partial charge in [0, 0.05) is 56.2 Å². The van der Waals surface area contributed by atoms with E-state index in [0.29, 0.717) is 57.8 Å². The minimum absolute atomic E-state index is 0.0166. The number of benzene rings is 13. The average Bonchev–Trinajstić information content (AvgIpc) is 0.989. The van der Waals surface area contributed by atoms with Gasteiger partial charge in [-0.25, -0.2) is 0 Å². The lowest BCUT2D eigenvalue weighted by Crippen LogP contribution is -2.52. The summed E-state index contributed by atoms with van der Waals surface area (Å²) in [5, 5.41) is 7.87. The summed E-state index contributed by atoms with van der Waals surface area (Å²) in [5.74, 6) is -2.54. The Morgan fingerprint density at radius 3 is 0.780 bits per heavy atom. The fraction of sp³-hybridized carbons (Fsp3) is 0.119. The van der Waals surface area contributed by atoms with Gasteiger partial charge in [0.05, 0.1) is 47.7 Å². The van der Waals surface area contributed by atoms with E-state index in [9.17, 15) is 9.59 Å². The molecule has 4 atom stereocenters. The third kappa shape index (κ3) is 11.0. The van der Waals surface area contributed by atoms with Crippen molar-refractivity contribution in [2.45, 2.75) is 38.1 Å². The molecule has 13 aromatic carbocycles. The van der Waals surface area contributed by atoms with Gasteiger partial charge < -0.3 is 39.1 Å². The Labute approximate surface area is 573 Å². The van der Waals surface area contributed by atoms with Crippen LogP contribution in [0.4, 0.5) is 0 Å². The number of hydrogen-bond donors (Lipinski definition) is 2. The number of amides is 6. The second-order valence-electron chi connectivity index (χ2n) is 25.4. The van der Waals surface area contributed by atoms with Crippen molar-refractivity contribution >= 4 is 78.5 Å². The fourth-order valence-corrected chi connectivity index (χ4v) is 13.8. The number of nitrogens with one attached hydrogen (secondary N) is 2. The van der Waals surface area contributed by atoms with Gasteiger partial charge in [-0.2, -0.15) is 0 Å². The normalized spacial score (nSPS) is 15.9. The van der Waals surface area contributed by atoms with Gasteiger partial charge in [-0.1, -0.05) is 170 Å². The van der Waals surface area contributed by atoms with Crippen LogP contribution in [0.3, 0.4) is 0 Å². The largest absolute Gasteiger partial charge is 0.457 e. The molecule has 17 rings (SSSR count). The summed E-state index contributed by atoms with van der Waals surface area (Å²) >= 11 is 0. The van der Waals surface area contributed by atoms with Crippen LogP contribution in [-0.4, -0.2) is 95.8 Å². The molecular formula is C84H60N4O12. The molecule has 0 saturated carbocycles. The Morgan fingerprint density at radius 1 is 0.340 bits per heavy atom. The molecule has 0 aliphatic carbocycles. The summed E-state index contributed by atoms with van der Waals surface area (Å²) < 4.78 is 39.9. The standard InChI is InChI=1S/C84H60N4O12/c1-47(79(89)85-43-61-45-95-61)87-81(91)63-39-67(97-57-31-23-53(24-32-57)49-15-7-3-8-16-49)73-75-69(99-59-35-27-55(28-36-59)51-19-11-5-12-20-51)41-65-72-66(84(94)88(83(65)93)48(2)80(90)86-44-62-46-96-62)42-70(100-60-37-29-56(30-38-60)52-21-13-6-14-22-52)76(78(72)75)74-68(40-64(82(87)92)71(63)77(73)74)98-58-33-25-54(26-34-58)50-17-9-4-10-18-50/h3-42,47-48,61-62H,43-46H2,1-2H3,(H,85,89)(H,86,90). The topological polar surface area (TPSA) is 195 Å². The zero-order chi connectivity index (χ0) is 67.9. The molecule has 2 N–H and O–H groups in total. The molecule has 4 aliphatic rings. The van der Waals surface area contributed by atoms with Crippen molar-refractivity contribution in [1.82, 2.24) is 20.4 Å². The molecule has 6 amide bonds. The van der Waals surface area contributed by atoms with Crippen LogP contribution in [0.2, 0.25) is 0 Å². The first-order chi connectivity index (χ1) is 48.9. The minimum atomic E-state index is -1.33. The van der Waals surface area contributed by atoms with E-state index in [0.717, 1.165) is 54.3 Å². The second kappa shape index (κ2) is 24.9. The highest BCUT2D eigenvalue weighted by atomic mass is 16.6. The highest BCUT2D eigenvalue weighted by Crippen LogP contribution is 2.58. The third-order valence-electron chi connectivity index (χ3n) is 19.1. The molecule has 16 nitrogen and oxygen atoms in total. The number of nitrogens with zero attached hydrogens (tertiary/aromatic N) is 2. The predicted octanol–water partition coefficient (Wildman–Crippen LogP) is 16.6. The SMILES string of the molecule is CC(C(=O)NCC1CO1)N1C(=O)c2cc(Oc3ccc(-c4ccccc4)cc3)c3c4c(Oc5ccc(-c6ccccc6)cc5)cc5c6c(cc(Oc7ccc(-c8ccccc8)cc7)c(c7c(Oc8ccc(-c9ccccc9)cc8)cc(c2c37)C1=O)c64)C(=O)N(C(C)C(=O)NCC1CO1)C5=O. The Hall–Kier alpha value is -12.5. The molecule has 4 aliphatic heterocycles. The van der Waals surface area contributed by atoms with E-state index >= 15 is 19.2 Å². The van der Waals surface area contributed by atoms with Crippen LogP contribution < -0.4 is 29.6 Å². The first-order valence-corrected chi connectivity index (χ1v) is 33.1. The zero-order valence-corrected chi connectivity index (χ0v) is 54.0. The van der Waals surface area contributed by atoms with Gasteiger partial charge in [0.25, 0.3) is 23.6 Å². The quantitative estimate of drug-likeness (QED) is 0.0318. The maximum absolute atomic E-state index is 16.0. The van der Waals surface area contributed by atoms with Gasteiger partial charge in [-0.05, 0) is 131 Å². The average molecular weight is 1320 g/mol. The molecule has 0 spiro atoms. The van der Waals surface area contributed by atoms with E-state index in [1.807, 2.05) is 218 Å². The monoisotopic (exact) mass is 1320 g/mol. The lowest BCUT2D eigenvalue weighted by Gasteiger charge is -2.34. The second-order valence-corrected chi connectivity index (χ2v) is 25.4. The Bertz CT molecular complexity index is 4820. The van der Waals surface area contributed by atoms with Crippen LogP contribution in [-0.2, 0) is 19.1 Å². The number of rotatable bonds is 20. The summed E-state index contributed by atoms with van der Waals surface area (Å²) in [6.45, 7) is 4.30. The molecular weight excluding hydrogens is 1260 g/mol. The van der Waals surface area contributed by atoms with Crippen LogP contribution in [0.5, 0.6) is 46.0 Å². The maximum Gasteiger partial charge on any atom is 0.262 e. The van der Waals surface area contributed by atoms with Crippen molar-refractivity contribution in [2.75, 3.05) is 26.3 Å². The van der Waals surface area contributed by atoms with Crippen molar-refractivity contribution in [3.05, 3.63) is 265 Å². The lowest BCUT2D eigenvalue weighted by atomic mass is 9.80. The Balaban J connectivity index is 0.986. The molecule has 4 heterocycles. The van der Waals surface area contributed by atoms with Gasteiger partial charge in [-0.15, -0.1) is 0 Å². The van der Waals surface area contributed by atoms with E-state index < -0.39 is 47.5 Å². The van der Waals surface area contributed by atoms with Gasteiger partial charge in [0.1, 0.15) is 58.1 Å². The van der Waals surface area contributed by atoms with Gasteiger partial charge >= 0.3 is 0 Å². The number of carbonyl (C=O) groups is 6. The molecule has 0 aromatic heterocycles. The molecule has 488 valence electrons. The van der Waals surface area contributed by atoms with Gasteiger partial charge in [0.2, 0.25) is 11.8 Å². The first kappa shape index (κ1) is 61.1. The molecule has 2 fully saturated rings. The van der Waals surface area contributed by atoms with E-state index in [1.165, 1.54) is 13.8 Å². The lowest BCUT2D eigenvalue weighted by molar-refractivity contribution is -0.125. The van der Waals surface area contributed by atoms with Crippen molar-refractivity contribution in [1.29, 1.82) is 0 Å². The Morgan fingerprint density at radius 2 is 0.560 bits per heavy atom. The van der Waals surface area contributed by atoms with Crippen molar-refractivity contribution in [3.8, 4) is 90.5 Å². The van der Waals surface area contributed by atoms with E-state index in [2.05, 4.69) is 10.6 Å². The molecule has 4 unspecified atom stereocenters. The number of ether oxygens (including phenoxy) is 6. The molecule has 13 aromatic rings. The predicted molar refractivity (Wildman–Crippen MR) is 381 cm³/mol. The summed E-state index contributed by atoms with van der Waals surface area (Å²) in [6.07, 6.45) is -0.389. The molecule has 100 heavy (non-hydrogen) atoms. The summed E-state index contributed by atoms with van der Waals surface area (Å²) in [6, 6.07) is 73.0. The number of carbonyl (C=O) groups excluding carboxylic acids is 6. The molecule has 0 bridgehead atoms. The van der Waals surface area contributed by atoms with Crippen molar-refractivity contribution in [3.63, 3.8) is 0 Å². The third-order valence-corrected chi connectivity index (χ3v) is 19.1. The number of epoxide rings is 2. The van der Waals surface area contributed by atoms with Crippen LogP contribution in [0.1, 0.15) is 55.3 Å². The minimum Gasteiger partial charge on any atom is -0.457 e. The molecule has 2 saturated heterocycles. The van der Waals surface area contributed by atoms with E-state index in [1.54, 1.807) is 24.3 Å². The van der Waals surface area contributed by atoms with Gasteiger partial charge in [0.15, 0.2) is 0 Å². The first-order valence-electron chi connectivity index (χ1n) is 33.1. The van der Waals surface area contributed by atoms with Crippen molar-refractivity contribution < 1.29 is 57.2 Å². The molecule has 16 heteroatoms. The van der Waals surface area contributed by atoms with Crippen LogP contribution in [0.25, 0.3) is 87.6 Å². The smallest absolute Gasteiger partial charge is 0.262 e. The fourth-order valence-electron chi connectivity index (χ4n) is 13.8. The number of imide groups is 2. The maximum atomic E-state index is 16.0. The number of fused-ring (bicyclic) bond motifs is 2. The van der Waals surface area contributed by atoms with Crippen LogP contribution in [0.15, 0.2) is 243 Å². The summed E-state index contributed by atoms with van der Waals surface area (Å²) in [7, 11) is 0.